The van der Waals surface area contributed by atoms with E-state index >= 15 is 0 Å². The zero-order valence-corrected chi connectivity index (χ0v) is 8.43. The normalized spacial score (nSPS) is 34.5. The van der Waals surface area contributed by atoms with Crippen LogP contribution in [0.1, 0.15) is 33.6 Å². The number of hydrogen-bond donors (Lipinski definition) is 1. The molecule has 12 heavy (non-hydrogen) atoms. The summed E-state index contributed by atoms with van der Waals surface area (Å²) in [7, 11) is 0. The van der Waals surface area contributed by atoms with Gasteiger partial charge in [0.05, 0.1) is 0 Å². The first-order valence-electron chi connectivity index (χ1n) is 5.13. The molecule has 2 nitrogen and oxygen atoms in total. The SMILES string of the molecule is CC1CN(C(C)C)CC2(CC2)N1. The fraction of sp³-hybridized carbons (Fsp3) is 1.00. The molecule has 1 aliphatic carbocycles. The van der Waals surface area contributed by atoms with Crippen molar-refractivity contribution in [3.8, 4) is 0 Å². The molecule has 1 unspecified atom stereocenters. The van der Waals surface area contributed by atoms with E-state index in [9.17, 15) is 0 Å². The lowest BCUT2D eigenvalue weighted by Gasteiger charge is -2.40. The molecule has 70 valence electrons. The number of piperazine rings is 1. The quantitative estimate of drug-likeness (QED) is 0.633. The van der Waals surface area contributed by atoms with E-state index in [-0.39, 0.29) is 0 Å². The van der Waals surface area contributed by atoms with Gasteiger partial charge < -0.3 is 5.32 Å². The van der Waals surface area contributed by atoms with Crippen LogP contribution < -0.4 is 5.32 Å². The molecule has 1 N–H and O–H groups in total. The molecule has 1 spiro atoms. The third kappa shape index (κ3) is 1.50. The summed E-state index contributed by atoms with van der Waals surface area (Å²) < 4.78 is 0. The minimum Gasteiger partial charge on any atom is -0.306 e. The second-order valence-electron chi connectivity index (χ2n) is 4.85. The fourth-order valence-corrected chi connectivity index (χ4v) is 2.27. The maximum absolute atomic E-state index is 3.71. The molecule has 1 saturated carbocycles. The summed E-state index contributed by atoms with van der Waals surface area (Å²) >= 11 is 0. The van der Waals surface area contributed by atoms with Crippen molar-refractivity contribution in [2.24, 2.45) is 0 Å². The van der Waals surface area contributed by atoms with Crippen molar-refractivity contribution in [3.05, 3.63) is 0 Å². The molecule has 1 aliphatic heterocycles. The van der Waals surface area contributed by atoms with Crippen LogP contribution in [0.4, 0.5) is 0 Å². The Balaban J connectivity index is 1.99. The summed E-state index contributed by atoms with van der Waals surface area (Å²) in [4.78, 5) is 2.61. The van der Waals surface area contributed by atoms with Crippen LogP contribution in [-0.2, 0) is 0 Å². The number of nitrogens with one attached hydrogen (secondary N) is 1. The van der Waals surface area contributed by atoms with Crippen LogP contribution in [0.15, 0.2) is 0 Å². The first-order valence-corrected chi connectivity index (χ1v) is 5.13. The molecule has 0 amide bonds. The number of hydrogen-bond acceptors (Lipinski definition) is 2. The van der Waals surface area contributed by atoms with Crippen LogP contribution in [0.25, 0.3) is 0 Å². The van der Waals surface area contributed by atoms with E-state index in [2.05, 4.69) is 31.0 Å². The molecule has 2 rings (SSSR count). The van der Waals surface area contributed by atoms with Crippen LogP contribution in [0.3, 0.4) is 0 Å². The van der Waals surface area contributed by atoms with Crippen molar-refractivity contribution in [1.29, 1.82) is 0 Å². The third-order valence-corrected chi connectivity index (χ3v) is 3.15. The molecule has 1 atom stereocenters. The van der Waals surface area contributed by atoms with Crippen LogP contribution in [0.5, 0.6) is 0 Å². The number of rotatable bonds is 1. The first-order chi connectivity index (χ1) is 5.61. The molecule has 2 heteroatoms. The van der Waals surface area contributed by atoms with E-state index in [1.165, 1.54) is 25.9 Å². The largest absolute Gasteiger partial charge is 0.306 e. The zero-order valence-electron chi connectivity index (χ0n) is 8.43. The maximum Gasteiger partial charge on any atom is 0.0313 e. The van der Waals surface area contributed by atoms with E-state index in [1.807, 2.05) is 0 Å². The molecule has 0 aromatic heterocycles. The second kappa shape index (κ2) is 2.71. The highest BCUT2D eigenvalue weighted by Crippen LogP contribution is 2.39. The topological polar surface area (TPSA) is 15.3 Å². The highest BCUT2D eigenvalue weighted by atomic mass is 15.3. The lowest BCUT2D eigenvalue weighted by molar-refractivity contribution is 0.124. The average Bonchev–Trinajstić information content (AvgIpc) is 2.67. The van der Waals surface area contributed by atoms with Gasteiger partial charge in [-0.1, -0.05) is 0 Å². The fourth-order valence-electron chi connectivity index (χ4n) is 2.27. The van der Waals surface area contributed by atoms with Crippen molar-refractivity contribution in [3.63, 3.8) is 0 Å². The molecule has 0 aromatic rings. The lowest BCUT2D eigenvalue weighted by atomic mass is 10.1. The smallest absolute Gasteiger partial charge is 0.0313 e. The Morgan fingerprint density at radius 1 is 1.42 bits per heavy atom. The summed E-state index contributed by atoms with van der Waals surface area (Å²) in [5, 5.41) is 3.71. The van der Waals surface area contributed by atoms with Gasteiger partial charge in [-0.05, 0) is 33.6 Å². The van der Waals surface area contributed by atoms with Crippen molar-refractivity contribution in [2.45, 2.75) is 51.2 Å². The molecule has 1 saturated heterocycles. The molecule has 1 heterocycles. The summed E-state index contributed by atoms with van der Waals surface area (Å²) in [5.41, 5.74) is 0.530. The molecular weight excluding hydrogens is 148 g/mol. The Bertz CT molecular complexity index is 173. The average molecular weight is 168 g/mol. The van der Waals surface area contributed by atoms with Crippen molar-refractivity contribution >= 4 is 0 Å². The van der Waals surface area contributed by atoms with E-state index in [0.29, 0.717) is 17.6 Å². The summed E-state index contributed by atoms with van der Waals surface area (Å²) in [6.45, 7) is 9.39. The Morgan fingerprint density at radius 3 is 2.58 bits per heavy atom. The molecule has 0 radical (unpaired) electrons. The monoisotopic (exact) mass is 168 g/mol. The van der Waals surface area contributed by atoms with Gasteiger partial charge in [-0.2, -0.15) is 0 Å². The summed E-state index contributed by atoms with van der Waals surface area (Å²) in [6.07, 6.45) is 2.78. The van der Waals surface area contributed by atoms with Gasteiger partial charge in [-0.3, -0.25) is 4.90 Å². The second-order valence-corrected chi connectivity index (χ2v) is 4.85. The Labute approximate surface area is 75.3 Å². The third-order valence-electron chi connectivity index (χ3n) is 3.15. The standard InChI is InChI=1S/C10H20N2/c1-8(2)12-6-9(3)11-10(7-12)4-5-10/h8-9,11H,4-7H2,1-3H3. The summed E-state index contributed by atoms with van der Waals surface area (Å²) in [6, 6.07) is 1.40. The molecule has 0 bridgehead atoms. The molecule has 2 aliphatic rings. The zero-order chi connectivity index (χ0) is 8.77. The van der Waals surface area contributed by atoms with Gasteiger partial charge in [0.2, 0.25) is 0 Å². The maximum atomic E-state index is 3.71. The Hall–Kier alpha value is -0.0800. The van der Waals surface area contributed by atoms with Crippen molar-refractivity contribution in [1.82, 2.24) is 10.2 Å². The van der Waals surface area contributed by atoms with Gasteiger partial charge in [-0.25, -0.2) is 0 Å². The van der Waals surface area contributed by atoms with Gasteiger partial charge >= 0.3 is 0 Å². The van der Waals surface area contributed by atoms with Crippen molar-refractivity contribution < 1.29 is 0 Å². The van der Waals surface area contributed by atoms with Crippen molar-refractivity contribution in [2.75, 3.05) is 13.1 Å². The van der Waals surface area contributed by atoms with Crippen LogP contribution >= 0.6 is 0 Å². The van der Waals surface area contributed by atoms with Crippen LogP contribution in [0.2, 0.25) is 0 Å². The van der Waals surface area contributed by atoms with E-state index in [0.717, 1.165) is 0 Å². The van der Waals surface area contributed by atoms with Gasteiger partial charge in [0.1, 0.15) is 0 Å². The number of nitrogens with zero attached hydrogens (tertiary/aromatic N) is 1. The molecule has 2 fully saturated rings. The van der Waals surface area contributed by atoms with Gasteiger partial charge in [0, 0.05) is 30.7 Å². The van der Waals surface area contributed by atoms with Gasteiger partial charge in [-0.15, -0.1) is 0 Å². The van der Waals surface area contributed by atoms with E-state index in [4.69, 9.17) is 0 Å². The van der Waals surface area contributed by atoms with Crippen LogP contribution in [0, 0.1) is 0 Å². The Morgan fingerprint density at radius 2 is 2.08 bits per heavy atom. The molecule has 0 aromatic carbocycles. The van der Waals surface area contributed by atoms with E-state index < -0.39 is 0 Å². The predicted molar refractivity (Wildman–Crippen MR) is 51.3 cm³/mol. The van der Waals surface area contributed by atoms with Gasteiger partial charge in [0.25, 0.3) is 0 Å². The highest BCUT2D eigenvalue weighted by molar-refractivity contribution is 5.08. The summed E-state index contributed by atoms with van der Waals surface area (Å²) in [5.74, 6) is 0. The minimum atomic E-state index is 0.530. The van der Waals surface area contributed by atoms with E-state index in [1.54, 1.807) is 0 Å². The molecular formula is C10H20N2. The first kappa shape index (κ1) is 8.52. The van der Waals surface area contributed by atoms with Gasteiger partial charge in [0.15, 0.2) is 0 Å². The van der Waals surface area contributed by atoms with Crippen LogP contribution in [-0.4, -0.2) is 35.6 Å². The highest BCUT2D eigenvalue weighted by Gasteiger charge is 2.47. The predicted octanol–water partition coefficient (Wildman–Crippen LogP) is 1.22. The Kier molecular flexibility index (Phi) is 1.92. The lowest BCUT2D eigenvalue weighted by Crippen LogP contribution is -2.58. The minimum absolute atomic E-state index is 0.530.